The minimum absolute atomic E-state index is 0.0351. The number of hydrogen-bond donors (Lipinski definition) is 2. The third kappa shape index (κ3) is 5.02. The van der Waals surface area contributed by atoms with Gasteiger partial charge >= 0.3 is 6.18 Å². The molecule has 1 unspecified atom stereocenters. The van der Waals surface area contributed by atoms with Gasteiger partial charge in [-0.05, 0) is 37.1 Å². The first-order chi connectivity index (χ1) is 9.24. The zero-order chi connectivity index (χ0) is 15.3. The van der Waals surface area contributed by atoms with Gasteiger partial charge < -0.3 is 11.1 Å². The maximum absolute atomic E-state index is 12.8. The van der Waals surface area contributed by atoms with E-state index in [9.17, 15) is 18.0 Å². The number of halogens is 4. The summed E-state index contributed by atoms with van der Waals surface area (Å²) in [6, 6.07) is 3.24. The van der Waals surface area contributed by atoms with Crippen LogP contribution in [-0.2, 0) is 11.0 Å². The number of anilines is 1. The first-order valence-electron chi connectivity index (χ1n) is 6.10. The standard InChI is InChI=1S/C13H16ClF3N2O/c1-8(7-18)2-5-12(20)19-11-4-3-9(14)6-10(11)13(15,16)17/h3-4,6,8H,2,5,7,18H2,1H3,(H,19,20). The van der Waals surface area contributed by atoms with E-state index in [-0.39, 0.29) is 23.0 Å². The summed E-state index contributed by atoms with van der Waals surface area (Å²) in [6.07, 6.45) is -3.92. The summed E-state index contributed by atoms with van der Waals surface area (Å²) in [5.74, 6) is -0.328. The molecule has 1 amide bonds. The topological polar surface area (TPSA) is 55.1 Å². The van der Waals surface area contributed by atoms with Crippen LogP contribution in [0.2, 0.25) is 5.02 Å². The molecule has 0 aliphatic heterocycles. The highest BCUT2D eigenvalue weighted by molar-refractivity contribution is 6.30. The minimum atomic E-state index is -4.57. The lowest BCUT2D eigenvalue weighted by Gasteiger charge is -2.14. The van der Waals surface area contributed by atoms with Crippen LogP contribution in [0.25, 0.3) is 0 Å². The van der Waals surface area contributed by atoms with Gasteiger partial charge in [0.2, 0.25) is 5.91 Å². The van der Waals surface area contributed by atoms with Crippen LogP contribution in [0.4, 0.5) is 18.9 Å². The van der Waals surface area contributed by atoms with E-state index >= 15 is 0 Å². The number of nitrogens with two attached hydrogens (primary N) is 1. The zero-order valence-electron chi connectivity index (χ0n) is 10.9. The van der Waals surface area contributed by atoms with E-state index in [0.29, 0.717) is 13.0 Å². The molecule has 0 aliphatic rings. The van der Waals surface area contributed by atoms with Crippen LogP contribution in [0.3, 0.4) is 0 Å². The van der Waals surface area contributed by atoms with E-state index in [4.69, 9.17) is 17.3 Å². The number of nitrogens with one attached hydrogen (secondary N) is 1. The second kappa shape index (κ2) is 6.95. The lowest BCUT2D eigenvalue weighted by atomic mass is 10.1. The van der Waals surface area contributed by atoms with Crippen molar-refractivity contribution in [2.45, 2.75) is 25.9 Å². The molecular formula is C13H16ClF3N2O. The monoisotopic (exact) mass is 308 g/mol. The summed E-state index contributed by atoms with van der Waals surface area (Å²) >= 11 is 5.55. The molecule has 0 aromatic heterocycles. The van der Waals surface area contributed by atoms with Gasteiger partial charge in [-0.15, -0.1) is 0 Å². The largest absolute Gasteiger partial charge is 0.418 e. The Kier molecular flexibility index (Phi) is 5.83. The molecule has 20 heavy (non-hydrogen) atoms. The van der Waals surface area contributed by atoms with Crippen molar-refractivity contribution in [3.05, 3.63) is 28.8 Å². The van der Waals surface area contributed by atoms with Crippen LogP contribution in [0.5, 0.6) is 0 Å². The number of rotatable bonds is 5. The van der Waals surface area contributed by atoms with Gasteiger partial charge in [0.05, 0.1) is 11.3 Å². The molecule has 0 aliphatic carbocycles. The average Bonchev–Trinajstić information content (AvgIpc) is 2.36. The van der Waals surface area contributed by atoms with Gasteiger partial charge in [0, 0.05) is 11.4 Å². The molecule has 1 atom stereocenters. The SMILES string of the molecule is CC(CN)CCC(=O)Nc1ccc(Cl)cc1C(F)(F)F. The van der Waals surface area contributed by atoms with E-state index in [0.717, 1.165) is 12.1 Å². The van der Waals surface area contributed by atoms with E-state index < -0.39 is 17.6 Å². The third-order valence-electron chi connectivity index (χ3n) is 2.83. The number of carbonyl (C=O) groups is 1. The summed E-state index contributed by atoms with van der Waals surface area (Å²) in [5, 5.41) is 2.23. The lowest BCUT2D eigenvalue weighted by molar-refractivity contribution is -0.137. The molecule has 1 aromatic carbocycles. The summed E-state index contributed by atoms with van der Waals surface area (Å²) in [6.45, 7) is 2.30. The van der Waals surface area contributed by atoms with Crippen molar-refractivity contribution < 1.29 is 18.0 Å². The number of benzene rings is 1. The van der Waals surface area contributed by atoms with E-state index in [1.807, 2.05) is 6.92 Å². The van der Waals surface area contributed by atoms with Crippen LogP contribution in [0, 0.1) is 5.92 Å². The highest BCUT2D eigenvalue weighted by atomic mass is 35.5. The van der Waals surface area contributed by atoms with Gasteiger partial charge in [0.15, 0.2) is 0 Å². The van der Waals surface area contributed by atoms with Crippen LogP contribution in [0.15, 0.2) is 18.2 Å². The minimum Gasteiger partial charge on any atom is -0.330 e. The van der Waals surface area contributed by atoms with Crippen LogP contribution < -0.4 is 11.1 Å². The lowest BCUT2D eigenvalue weighted by Crippen LogP contribution is -2.18. The highest BCUT2D eigenvalue weighted by Crippen LogP contribution is 2.36. The van der Waals surface area contributed by atoms with Crippen molar-refractivity contribution in [1.29, 1.82) is 0 Å². The molecule has 0 fully saturated rings. The van der Waals surface area contributed by atoms with Crippen molar-refractivity contribution in [3.8, 4) is 0 Å². The third-order valence-corrected chi connectivity index (χ3v) is 3.06. The Labute approximate surface area is 120 Å². The van der Waals surface area contributed by atoms with Crippen LogP contribution in [0.1, 0.15) is 25.3 Å². The molecule has 0 heterocycles. The second-order valence-corrected chi connectivity index (χ2v) is 5.05. The Hall–Kier alpha value is -1.27. The van der Waals surface area contributed by atoms with Gasteiger partial charge in [-0.1, -0.05) is 18.5 Å². The predicted octanol–water partition coefficient (Wildman–Crippen LogP) is 3.67. The van der Waals surface area contributed by atoms with E-state index in [1.54, 1.807) is 0 Å². The Morgan fingerprint density at radius 2 is 2.10 bits per heavy atom. The molecule has 1 aromatic rings. The van der Waals surface area contributed by atoms with Gasteiger partial charge in [0.1, 0.15) is 0 Å². The molecule has 0 saturated heterocycles. The fourth-order valence-electron chi connectivity index (χ4n) is 1.57. The number of alkyl halides is 3. The van der Waals surface area contributed by atoms with Crippen molar-refractivity contribution >= 4 is 23.2 Å². The molecule has 0 saturated carbocycles. The van der Waals surface area contributed by atoms with Crippen LogP contribution in [-0.4, -0.2) is 12.5 Å². The Morgan fingerprint density at radius 1 is 1.45 bits per heavy atom. The molecule has 0 spiro atoms. The first kappa shape index (κ1) is 16.8. The fraction of sp³-hybridized carbons (Fsp3) is 0.462. The summed E-state index contributed by atoms with van der Waals surface area (Å²) in [7, 11) is 0. The molecule has 0 bridgehead atoms. The second-order valence-electron chi connectivity index (χ2n) is 4.62. The van der Waals surface area contributed by atoms with Gasteiger partial charge in [-0.2, -0.15) is 13.2 Å². The fourth-order valence-corrected chi connectivity index (χ4v) is 1.74. The average molecular weight is 309 g/mol. The number of amides is 1. The highest BCUT2D eigenvalue weighted by Gasteiger charge is 2.34. The van der Waals surface area contributed by atoms with Gasteiger partial charge in [-0.25, -0.2) is 0 Å². The quantitative estimate of drug-likeness (QED) is 0.872. The van der Waals surface area contributed by atoms with E-state index in [1.165, 1.54) is 6.07 Å². The first-order valence-corrected chi connectivity index (χ1v) is 6.48. The van der Waals surface area contributed by atoms with Crippen molar-refractivity contribution in [2.75, 3.05) is 11.9 Å². The van der Waals surface area contributed by atoms with Crippen molar-refractivity contribution in [2.24, 2.45) is 11.7 Å². The number of carbonyl (C=O) groups excluding carboxylic acids is 1. The zero-order valence-corrected chi connectivity index (χ0v) is 11.7. The molecule has 1 rings (SSSR count). The summed E-state index contributed by atoms with van der Waals surface area (Å²) in [5.41, 5.74) is 4.18. The van der Waals surface area contributed by atoms with Gasteiger partial charge in [0.25, 0.3) is 0 Å². The van der Waals surface area contributed by atoms with Crippen molar-refractivity contribution in [1.82, 2.24) is 0 Å². The smallest absolute Gasteiger partial charge is 0.330 e. The molecular weight excluding hydrogens is 293 g/mol. The number of hydrogen-bond acceptors (Lipinski definition) is 2. The summed E-state index contributed by atoms with van der Waals surface area (Å²) in [4.78, 5) is 11.6. The van der Waals surface area contributed by atoms with E-state index in [2.05, 4.69) is 5.32 Å². The molecule has 3 N–H and O–H groups in total. The van der Waals surface area contributed by atoms with Crippen molar-refractivity contribution in [3.63, 3.8) is 0 Å². The molecule has 3 nitrogen and oxygen atoms in total. The summed E-state index contributed by atoms with van der Waals surface area (Å²) < 4.78 is 38.5. The maximum Gasteiger partial charge on any atom is 0.418 e. The van der Waals surface area contributed by atoms with Crippen LogP contribution >= 0.6 is 11.6 Å². The maximum atomic E-state index is 12.8. The normalized spacial score (nSPS) is 13.1. The Bertz CT molecular complexity index is 477. The Morgan fingerprint density at radius 3 is 2.65 bits per heavy atom. The molecule has 0 radical (unpaired) electrons. The Balaban J connectivity index is 2.80. The molecule has 7 heteroatoms. The molecule has 112 valence electrons. The van der Waals surface area contributed by atoms with Gasteiger partial charge in [-0.3, -0.25) is 4.79 Å². The predicted molar refractivity (Wildman–Crippen MR) is 72.5 cm³/mol.